The van der Waals surface area contributed by atoms with Gasteiger partial charge in [-0.3, -0.25) is 10.2 Å². The molecule has 4 rings (SSSR count). The number of hydrogen-bond acceptors (Lipinski definition) is 13. The number of nitrogens with zero attached hydrogens (tertiary/aromatic N) is 4. The van der Waals surface area contributed by atoms with Crippen LogP contribution in [0.3, 0.4) is 0 Å². The summed E-state index contributed by atoms with van der Waals surface area (Å²) in [5.74, 6) is 0.714. The van der Waals surface area contributed by atoms with Gasteiger partial charge in [-0.1, -0.05) is 53.9 Å². The lowest BCUT2D eigenvalue weighted by Gasteiger charge is -2.25. The number of imidazole rings is 1. The van der Waals surface area contributed by atoms with Crippen molar-refractivity contribution in [3.05, 3.63) is 71.6 Å². The van der Waals surface area contributed by atoms with Crippen molar-refractivity contribution in [3.63, 3.8) is 0 Å². The van der Waals surface area contributed by atoms with Crippen LogP contribution < -0.4 is 25.6 Å². The van der Waals surface area contributed by atoms with Crippen molar-refractivity contribution in [1.29, 1.82) is 0 Å². The van der Waals surface area contributed by atoms with Crippen molar-refractivity contribution in [2.75, 3.05) is 37.7 Å². The molecule has 0 aliphatic heterocycles. The maximum absolute atomic E-state index is 12.9. The van der Waals surface area contributed by atoms with E-state index in [4.69, 9.17) is 35.9 Å². The predicted octanol–water partition coefficient (Wildman–Crippen LogP) is 5.90. The molecule has 1 aliphatic rings. The number of nitrogens with one attached hydrogen (secondary N) is 3. The number of aromatic nitrogens is 4. The molecule has 1 aromatic carbocycles. The van der Waals surface area contributed by atoms with Crippen LogP contribution in [0.15, 0.2) is 66.5 Å². The maximum atomic E-state index is 12.9. The van der Waals surface area contributed by atoms with E-state index in [0.717, 1.165) is 18.4 Å². The average Bonchev–Trinajstić information content (AvgIpc) is 3.46. The Morgan fingerprint density at radius 1 is 1.20 bits per heavy atom. The predicted molar refractivity (Wildman–Crippen MR) is 184 cm³/mol. The highest BCUT2D eigenvalue weighted by Gasteiger charge is 2.26. The SMILES string of the molecule is COC(COP(NC(C)C(=O)OCC1=C/CC/C=C/C=C\1)Oc1ccc(Cl)cc1)CC(C)n1cnc2c(NNSC)nc(N)nc21. The molecule has 4 atom stereocenters. The largest absolute Gasteiger partial charge is 0.460 e. The van der Waals surface area contributed by atoms with Crippen molar-refractivity contribution in [1.82, 2.24) is 29.4 Å². The number of carbonyl (C=O) groups is 1. The van der Waals surface area contributed by atoms with Crippen molar-refractivity contribution < 1.29 is 23.3 Å². The van der Waals surface area contributed by atoms with Gasteiger partial charge in [-0.15, -0.1) is 0 Å². The van der Waals surface area contributed by atoms with Gasteiger partial charge in [0.1, 0.15) is 18.4 Å². The fourth-order valence-corrected chi connectivity index (χ4v) is 5.93. The quantitative estimate of drug-likeness (QED) is 0.0574. The third-order valence-electron chi connectivity index (χ3n) is 6.83. The molecule has 248 valence electrons. The third-order valence-corrected chi connectivity index (χ3v) is 8.75. The van der Waals surface area contributed by atoms with Gasteiger partial charge in [-0.05, 0) is 69.2 Å². The number of anilines is 2. The number of halogens is 1. The van der Waals surface area contributed by atoms with E-state index in [1.54, 1.807) is 44.6 Å². The summed E-state index contributed by atoms with van der Waals surface area (Å²) in [7, 11) is -0.170. The highest BCUT2D eigenvalue weighted by atomic mass is 35.5. The Morgan fingerprint density at radius 2 is 2.00 bits per heavy atom. The van der Waals surface area contributed by atoms with Gasteiger partial charge in [0.15, 0.2) is 17.0 Å². The molecule has 2 heterocycles. The first-order chi connectivity index (χ1) is 22.3. The Balaban J connectivity index is 1.40. The molecule has 5 N–H and O–H groups in total. The number of fused-ring (bicyclic) bond motifs is 1. The average molecular weight is 691 g/mol. The number of esters is 1. The fraction of sp³-hybridized carbons (Fsp3) is 0.400. The van der Waals surface area contributed by atoms with Gasteiger partial charge in [0.05, 0.1) is 19.0 Å². The van der Waals surface area contributed by atoms with Crippen LogP contribution in [-0.2, 0) is 18.8 Å². The normalized spacial score (nSPS) is 18.3. The third kappa shape index (κ3) is 10.7. The second kappa shape index (κ2) is 18.2. The summed E-state index contributed by atoms with van der Waals surface area (Å²) in [6, 6.07) is 6.11. The van der Waals surface area contributed by atoms with E-state index >= 15 is 0 Å². The molecule has 13 nitrogen and oxygen atoms in total. The minimum Gasteiger partial charge on any atom is -0.460 e. The van der Waals surface area contributed by atoms with E-state index in [1.165, 1.54) is 11.9 Å². The number of hydrazine groups is 1. The zero-order valence-electron chi connectivity index (χ0n) is 26.2. The molecule has 0 spiro atoms. The Morgan fingerprint density at radius 3 is 2.76 bits per heavy atom. The summed E-state index contributed by atoms with van der Waals surface area (Å²) in [5, 5.41) is 3.73. The monoisotopic (exact) mass is 690 g/mol. The standard InChI is InChI=1S/C30H40ClN8O5PS/c1-20(39-19-33-26-27(36-38-46-4)34-30(32)35-28(26)39)16-25(41-3)18-43-45(44-24-14-12-23(31)13-15-24)37-21(2)29(40)42-17-22-10-8-6-5-7-9-11-22/h5-6,8,10-15,19-21,25,37-38H,7,9,16-18H2,1-4H3,(H3,32,34,35,36)/b6-5+,10-8-,22-11+. The Labute approximate surface area is 279 Å². The molecule has 0 saturated carbocycles. The Kier molecular flexibility index (Phi) is 14.1. The van der Waals surface area contributed by atoms with Crippen molar-refractivity contribution in [2.24, 2.45) is 0 Å². The molecule has 2 aromatic heterocycles. The van der Waals surface area contributed by atoms with Gasteiger partial charge < -0.3 is 28.8 Å². The van der Waals surface area contributed by atoms with Crippen LogP contribution in [0.25, 0.3) is 11.2 Å². The number of nitrogen functional groups attached to an aromatic ring is 1. The number of allylic oxidation sites excluding steroid dienone is 4. The molecule has 0 radical (unpaired) electrons. The highest BCUT2D eigenvalue weighted by molar-refractivity contribution is 7.96. The summed E-state index contributed by atoms with van der Waals surface area (Å²) >= 11 is 7.44. The number of carbonyl (C=O) groups excluding carboxylic acids is 1. The topological polar surface area (TPSA) is 160 Å². The molecular weight excluding hydrogens is 651 g/mol. The van der Waals surface area contributed by atoms with Gasteiger partial charge in [0.25, 0.3) is 0 Å². The van der Waals surface area contributed by atoms with Crippen LogP contribution >= 0.6 is 32.1 Å². The first-order valence-corrected chi connectivity index (χ1v) is 17.4. The zero-order chi connectivity index (χ0) is 32.9. The Hall–Kier alpha value is -3.23. The van der Waals surface area contributed by atoms with Gasteiger partial charge in [-0.25, -0.2) is 10.1 Å². The van der Waals surface area contributed by atoms with Crippen molar-refractivity contribution in [2.45, 2.75) is 51.3 Å². The summed E-state index contributed by atoms with van der Waals surface area (Å²) < 4.78 is 25.6. The van der Waals surface area contributed by atoms with E-state index in [2.05, 4.69) is 42.4 Å². The van der Waals surface area contributed by atoms with E-state index in [1.807, 2.05) is 36.0 Å². The lowest BCUT2D eigenvalue weighted by atomic mass is 10.1. The van der Waals surface area contributed by atoms with E-state index in [-0.39, 0.29) is 31.3 Å². The van der Waals surface area contributed by atoms with E-state index in [0.29, 0.717) is 34.2 Å². The summed E-state index contributed by atoms with van der Waals surface area (Å²) in [4.78, 5) is 29.0. The molecule has 46 heavy (non-hydrogen) atoms. The van der Waals surface area contributed by atoms with Crippen LogP contribution in [0, 0.1) is 0 Å². The highest BCUT2D eigenvalue weighted by Crippen LogP contribution is 2.37. The number of hydrogen-bond donors (Lipinski definition) is 4. The molecule has 0 saturated heterocycles. The van der Waals surface area contributed by atoms with Crippen molar-refractivity contribution in [3.8, 4) is 5.75 Å². The number of ether oxygens (including phenoxy) is 2. The fourth-order valence-electron chi connectivity index (χ4n) is 4.39. The van der Waals surface area contributed by atoms with Gasteiger partial charge in [0, 0.05) is 18.2 Å². The summed E-state index contributed by atoms with van der Waals surface area (Å²) in [6.07, 6.45) is 15.7. The summed E-state index contributed by atoms with van der Waals surface area (Å²) in [5.41, 5.74) is 11.1. The van der Waals surface area contributed by atoms with Crippen LogP contribution in [0.5, 0.6) is 5.75 Å². The molecule has 0 bridgehead atoms. The first kappa shape index (κ1) is 35.6. The van der Waals surface area contributed by atoms with E-state index < -0.39 is 20.5 Å². The van der Waals surface area contributed by atoms with Crippen LogP contribution in [0.1, 0.15) is 39.2 Å². The van der Waals surface area contributed by atoms with Gasteiger partial charge in [0.2, 0.25) is 5.95 Å². The maximum Gasteiger partial charge on any atom is 0.323 e. The molecule has 3 aromatic rings. The molecular formula is C30H40ClN8O5PS. The number of methoxy groups -OCH3 is 1. The second-order valence-corrected chi connectivity index (χ2v) is 12.6. The lowest BCUT2D eigenvalue weighted by molar-refractivity contribution is -0.144. The second-order valence-electron chi connectivity index (χ2n) is 10.3. The van der Waals surface area contributed by atoms with Crippen LogP contribution in [0.4, 0.5) is 11.8 Å². The number of nitrogens with two attached hydrogens (primary N) is 1. The smallest absolute Gasteiger partial charge is 0.323 e. The van der Waals surface area contributed by atoms with E-state index in [9.17, 15) is 4.79 Å². The van der Waals surface area contributed by atoms with Crippen LogP contribution in [-0.4, -0.2) is 64.2 Å². The number of rotatable bonds is 17. The molecule has 1 aliphatic carbocycles. The molecule has 4 unspecified atom stereocenters. The van der Waals surface area contributed by atoms with Crippen LogP contribution in [0.2, 0.25) is 5.02 Å². The molecule has 0 fully saturated rings. The Bertz CT molecular complexity index is 1520. The minimum atomic E-state index is -1.79. The van der Waals surface area contributed by atoms with Gasteiger partial charge in [-0.2, -0.15) is 14.8 Å². The molecule has 16 heteroatoms. The first-order valence-electron chi connectivity index (χ1n) is 14.7. The minimum absolute atomic E-state index is 0.0911. The summed E-state index contributed by atoms with van der Waals surface area (Å²) in [6.45, 7) is 4.09. The zero-order valence-corrected chi connectivity index (χ0v) is 28.6. The van der Waals surface area contributed by atoms with Crippen molar-refractivity contribution >= 4 is 61.0 Å². The van der Waals surface area contributed by atoms with Gasteiger partial charge >= 0.3 is 14.5 Å². The number of benzene rings is 1. The lowest BCUT2D eigenvalue weighted by Crippen LogP contribution is -2.34. The molecule has 0 amide bonds.